The van der Waals surface area contributed by atoms with Crippen molar-refractivity contribution in [3.8, 4) is 0 Å². The number of Topliss-reactive ketones (excluding diaryl/α,β-unsaturated/α-hetero) is 1. The number of hydrogen-bond acceptors (Lipinski definition) is 7. The van der Waals surface area contributed by atoms with Crippen molar-refractivity contribution in [2.24, 2.45) is 17.1 Å². The third-order valence-electron chi connectivity index (χ3n) is 7.89. The molecule has 1 aliphatic heterocycles. The van der Waals surface area contributed by atoms with Crippen molar-refractivity contribution in [1.29, 1.82) is 0 Å². The molecule has 1 saturated heterocycles. The summed E-state index contributed by atoms with van der Waals surface area (Å²) in [5, 5.41) is 0. The highest BCUT2D eigenvalue weighted by Gasteiger charge is 2.66. The van der Waals surface area contributed by atoms with Crippen LogP contribution in [0.3, 0.4) is 0 Å². The normalized spacial score (nSPS) is 20.7. The summed E-state index contributed by atoms with van der Waals surface area (Å²) in [7, 11) is 0. The van der Waals surface area contributed by atoms with Crippen LogP contribution >= 0.6 is 0 Å². The Morgan fingerprint density at radius 3 is 2.37 bits per heavy atom. The summed E-state index contributed by atoms with van der Waals surface area (Å²) in [6.07, 6.45) is 3.74. The average molecular weight is 486 g/mol. The van der Waals surface area contributed by atoms with Gasteiger partial charge in [-0.2, -0.15) is 0 Å². The van der Waals surface area contributed by atoms with Crippen LogP contribution in [0.1, 0.15) is 69.5 Å². The first-order valence-electron chi connectivity index (χ1n) is 12.7. The van der Waals surface area contributed by atoms with Crippen molar-refractivity contribution in [2.45, 2.75) is 64.4 Å². The van der Waals surface area contributed by atoms with Gasteiger partial charge in [-0.05, 0) is 43.7 Å². The fourth-order valence-electron chi connectivity index (χ4n) is 6.25. The first-order valence-corrected chi connectivity index (χ1v) is 12.7. The minimum Gasteiger partial charge on any atom is -0.434 e. The molecule has 4 rings (SSSR count). The van der Waals surface area contributed by atoms with E-state index in [1.807, 2.05) is 6.92 Å². The molecule has 35 heavy (non-hydrogen) atoms. The van der Waals surface area contributed by atoms with Gasteiger partial charge < -0.3 is 24.5 Å². The SMILES string of the molecule is CCC(C(=O)N1CCOCC1)(C1CCCCC1)[C@](CC)(OC(N)=O)C(=O)c1nc2ccccc2o1. The smallest absolute Gasteiger partial charge is 0.405 e. The van der Waals surface area contributed by atoms with Gasteiger partial charge in [-0.3, -0.25) is 9.59 Å². The Hall–Kier alpha value is -2.94. The second kappa shape index (κ2) is 10.4. The van der Waals surface area contributed by atoms with Gasteiger partial charge in [0, 0.05) is 13.1 Å². The van der Waals surface area contributed by atoms with Crippen LogP contribution in [0.2, 0.25) is 0 Å². The van der Waals surface area contributed by atoms with Crippen LogP contribution in [0.5, 0.6) is 0 Å². The number of amides is 2. The topological polar surface area (TPSA) is 125 Å². The Morgan fingerprint density at radius 1 is 1.09 bits per heavy atom. The number of oxazole rings is 1. The molecular formula is C26H35N3O6. The molecule has 2 aromatic rings. The highest BCUT2D eigenvalue weighted by Crippen LogP contribution is 2.54. The average Bonchev–Trinajstić information content (AvgIpc) is 3.33. The van der Waals surface area contributed by atoms with E-state index in [0.717, 1.165) is 32.1 Å². The summed E-state index contributed by atoms with van der Waals surface area (Å²) in [6, 6.07) is 7.04. The Labute approximate surface area is 205 Å². The van der Waals surface area contributed by atoms with Gasteiger partial charge in [-0.1, -0.05) is 45.2 Å². The predicted molar refractivity (Wildman–Crippen MR) is 129 cm³/mol. The first-order chi connectivity index (χ1) is 16.9. The molecule has 9 heteroatoms. The van der Waals surface area contributed by atoms with Gasteiger partial charge in [0.05, 0.1) is 18.6 Å². The number of rotatable bonds is 8. The number of carbonyl (C=O) groups is 3. The van der Waals surface area contributed by atoms with E-state index < -0.39 is 22.9 Å². The molecule has 0 bridgehead atoms. The highest BCUT2D eigenvalue weighted by molar-refractivity contribution is 6.06. The molecule has 1 saturated carbocycles. The van der Waals surface area contributed by atoms with Crippen molar-refractivity contribution < 1.29 is 28.3 Å². The van der Waals surface area contributed by atoms with E-state index in [9.17, 15) is 14.4 Å². The van der Waals surface area contributed by atoms with Gasteiger partial charge >= 0.3 is 6.09 Å². The van der Waals surface area contributed by atoms with E-state index in [0.29, 0.717) is 43.8 Å². The number of ether oxygens (including phenoxy) is 2. The number of aromatic nitrogens is 1. The van der Waals surface area contributed by atoms with E-state index in [1.165, 1.54) is 0 Å². The number of benzene rings is 1. The molecular weight excluding hydrogens is 450 g/mol. The van der Waals surface area contributed by atoms with Gasteiger partial charge in [-0.15, -0.1) is 0 Å². The zero-order chi connectivity index (χ0) is 25.1. The molecule has 0 radical (unpaired) electrons. The van der Waals surface area contributed by atoms with Gasteiger partial charge in [0.15, 0.2) is 11.2 Å². The van der Waals surface area contributed by atoms with Crippen LogP contribution in [0.4, 0.5) is 4.79 Å². The van der Waals surface area contributed by atoms with Crippen molar-refractivity contribution in [3.63, 3.8) is 0 Å². The van der Waals surface area contributed by atoms with E-state index in [2.05, 4.69) is 4.98 Å². The monoisotopic (exact) mass is 485 g/mol. The number of hydrogen-bond donors (Lipinski definition) is 1. The third-order valence-corrected chi connectivity index (χ3v) is 7.89. The molecule has 1 aliphatic carbocycles. The first kappa shape index (κ1) is 25.2. The lowest BCUT2D eigenvalue weighted by molar-refractivity contribution is -0.172. The minimum atomic E-state index is -1.86. The number of para-hydroxylation sites is 2. The van der Waals surface area contributed by atoms with Crippen LogP contribution < -0.4 is 5.73 Å². The van der Waals surface area contributed by atoms with Crippen LogP contribution in [0.25, 0.3) is 11.1 Å². The van der Waals surface area contributed by atoms with E-state index in [-0.39, 0.29) is 24.1 Å². The zero-order valence-electron chi connectivity index (χ0n) is 20.6. The standard InChI is InChI=1S/C26H35N3O6/c1-3-25(18-10-6-5-7-11-18,23(31)29-14-16-33-17-15-29)26(4-2,35-24(27)32)21(30)22-28-19-12-8-9-13-20(19)34-22/h8-9,12-13,18H,3-7,10-11,14-17H2,1-2H3,(H2,27,32)/t25?,26-/m1/s1. The molecule has 1 aromatic carbocycles. The number of fused-ring (bicyclic) bond motifs is 1. The molecule has 2 atom stereocenters. The second-order valence-electron chi connectivity index (χ2n) is 9.48. The summed E-state index contributed by atoms with van der Waals surface area (Å²) >= 11 is 0. The maximum atomic E-state index is 14.5. The van der Waals surface area contributed by atoms with Gasteiger partial charge in [0.1, 0.15) is 5.52 Å². The maximum absolute atomic E-state index is 14.5. The molecule has 2 N–H and O–H groups in total. The second-order valence-corrected chi connectivity index (χ2v) is 9.48. The Morgan fingerprint density at radius 2 is 1.77 bits per heavy atom. The highest BCUT2D eigenvalue weighted by atomic mass is 16.6. The predicted octanol–water partition coefficient (Wildman–Crippen LogP) is 4.09. The van der Waals surface area contributed by atoms with Gasteiger partial charge in [0.25, 0.3) is 11.7 Å². The number of nitrogens with two attached hydrogens (primary N) is 1. The molecule has 1 aromatic heterocycles. The zero-order valence-corrected chi connectivity index (χ0v) is 20.6. The Kier molecular flexibility index (Phi) is 7.44. The largest absolute Gasteiger partial charge is 0.434 e. The fraction of sp³-hybridized carbons (Fsp3) is 0.615. The summed E-state index contributed by atoms with van der Waals surface area (Å²) in [5.41, 5.74) is 3.38. The number of morpholine rings is 1. The molecule has 2 fully saturated rings. The molecule has 9 nitrogen and oxygen atoms in total. The lowest BCUT2D eigenvalue weighted by Gasteiger charge is -2.53. The Bertz CT molecular complexity index is 1040. The molecule has 1 unspecified atom stereocenters. The summed E-state index contributed by atoms with van der Waals surface area (Å²) in [4.78, 5) is 47.4. The van der Waals surface area contributed by atoms with E-state index >= 15 is 0 Å². The van der Waals surface area contributed by atoms with Crippen molar-refractivity contribution in [3.05, 3.63) is 30.2 Å². The number of nitrogens with zero attached hydrogens (tertiary/aromatic N) is 2. The number of primary amides is 1. The van der Waals surface area contributed by atoms with Crippen LogP contribution in [0.15, 0.2) is 28.7 Å². The lowest BCUT2D eigenvalue weighted by Crippen LogP contribution is -2.67. The van der Waals surface area contributed by atoms with Gasteiger partial charge in [-0.25, -0.2) is 9.78 Å². The lowest BCUT2D eigenvalue weighted by atomic mass is 9.55. The fourth-order valence-corrected chi connectivity index (χ4v) is 6.25. The Balaban J connectivity index is 1.92. The quantitative estimate of drug-likeness (QED) is 0.558. The minimum absolute atomic E-state index is 0.0634. The summed E-state index contributed by atoms with van der Waals surface area (Å²) in [5.74, 6) is -1.16. The van der Waals surface area contributed by atoms with E-state index in [4.69, 9.17) is 19.6 Å². The summed E-state index contributed by atoms with van der Waals surface area (Å²) < 4.78 is 17.1. The molecule has 2 heterocycles. The molecule has 2 amide bonds. The van der Waals surface area contributed by atoms with Crippen molar-refractivity contribution in [1.82, 2.24) is 9.88 Å². The summed E-state index contributed by atoms with van der Waals surface area (Å²) in [6.45, 7) is 5.32. The maximum Gasteiger partial charge on any atom is 0.405 e. The molecule has 2 aliphatic rings. The van der Waals surface area contributed by atoms with Crippen LogP contribution in [-0.4, -0.2) is 59.6 Å². The number of carbonyl (C=O) groups excluding carboxylic acids is 3. The molecule has 190 valence electrons. The van der Waals surface area contributed by atoms with Crippen molar-refractivity contribution >= 4 is 28.9 Å². The van der Waals surface area contributed by atoms with Crippen molar-refractivity contribution in [2.75, 3.05) is 26.3 Å². The van der Waals surface area contributed by atoms with E-state index in [1.54, 1.807) is 36.1 Å². The molecule has 0 spiro atoms. The van der Waals surface area contributed by atoms with Crippen LogP contribution in [0, 0.1) is 11.3 Å². The third kappa shape index (κ3) is 4.30. The number of ketones is 1. The van der Waals surface area contributed by atoms with Crippen LogP contribution in [-0.2, 0) is 14.3 Å². The van der Waals surface area contributed by atoms with Gasteiger partial charge in [0.2, 0.25) is 5.91 Å².